The molecule has 0 saturated carbocycles. The number of amides is 1. The molecule has 3 nitrogen and oxygen atoms in total. The first kappa shape index (κ1) is 14.5. The highest BCUT2D eigenvalue weighted by Gasteiger charge is 2.08. The van der Waals surface area contributed by atoms with E-state index in [0.29, 0.717) is 17.9 Å². The molecule has 0 atom stereocenters. The van der Waals surface area contributed by atoms with Crippen molar-refractivity contribution in [3.63, 3.8) is 0 Å². The minimum atomic E-state index is -0.292. The third kappa shape index (κ3) is 3.57. The van der Waals surface area contributed by atoms with Crippen LogP contribution in [0.1, 0.15) is 15.9 Å². The first-order chi connectivity index (χ1) is 9.60. The molecule has 0 radical (unpaired) electrons. The summed E-state index contributed by atoms with van der Waals surface area (Å²) < 4.78 is 18.6. The summed E-state index contributed by atoms with van der Waals surface area (Å²) in [7, 11) is 1.56. The molecule has 0 spiro atoms. The lowest BCUT2D eigenvalue weighted by Gasteiger charge is -2.08. The van der Waals surface area contributed by atoms with Gasteiger partial charge in [-0.1, -0.05) is 12.1 Å². The first-order valence-electron chi connectivity index (χ1n) is 5.96. The molecule has 2 rings (SSSR count). The molecule has 0 saturated heterocycles. The molecular formula is C15H13BrFNO2. The number of hydrogen-bond acceptors (Lipinski definition) is 2. The molecule has 1 N–H and O–H groups in total. The molecule has 104 valence electrons. The normalized spacial score (nSPS) is 10.2. The molecule has 5 heteroatoms. The van der Waals surface area contributed by atoms with Gasteiger partial charge in [-0.25, -0.2) is 4.39 Å². The third-order valence-electron chi connectivity index (χ3n) is 2.78. The van der Waals surface area contributed by atoms with E-state index in [1.165, 1.54) is 12.1 Å². The van der Waals surface area contributed by atoms with Crippen LogP contribution in [0.5, 0.6) is 5.75 Å². The van der Waals surface area contributed by atoms with E-state index in [1.807, 2.05) is 0 Å². The molecule has 2 aromatic rings. The summed E-state index contributed by atoms with van der Waals surface area (Å²) in [5, 5.41) is 2.78. The molecule has 0 heterocycles. The average molecular weight is 338 g/mol. The van der Waals surface area contributed by atoms with Gasteiger partial charge in [0.2, 0.25) is 0 Å². The Morgan fingerprint density at radius 3 is 2.55 bits per heavy atom. The standard InChI is InChI=1S/C15H13BrFNO2/c1-20-14-7-4-11(8-13(14)16)15(19)18-9-10-2-5-12(17)6-3-10/h2-8H,9H2,1H3,(H,18,19). The number of carbonyl (C=O) groups excluding carboxylic acids is 1. The summed E-state index contributed by atoms with van der Waals surface area (Å²) >= 11 is 3.33. The predicted octanol–water partition coefficient (Wildman–Crippen LogP) is 3.53. The number of halogens is 2. The second kappa shape index (κ2) is 6.52. The van der Waals surface area contributed by atoms with Gasteiger partial charge in [-0.3, -0.25) is 4.79 Å². The van der Waals surface area contributed by atoms with Gasteiger partial charge in [0.15, 0.2) is 0 Å². The van der Waals surface area contributed by atoms with Crippen LogP contribution in [0.25, 0.3) is 0 Å². The van der Waals surface area contributed by atoms with Crippen molar-refractivity contribution in [3.8, 4) is 5.75 Å². The van der Waals surface area contributed by atoms with Crippen LogP contribution in [-0.4, -0.2) is 13.0 Å². The van der Waals surface area contributed by atoms with Gasteiger partial charge in [0.05, 0.1) is 11.6 Å². The lowest BCUT2D eigenvalue weighted by atomic mass is 10.2. The Bertz CT molecular complexity index is 614. The van der Waals surface area contributed by atoms with Crippen molar-refractivity contribution in [1.82, 2.24) is 5.32 Å². The fourth-order valence-corrected chi connectivity index (χ4v) is 2.23. The molecule has 20 heavy (non-hydrogen) atoms. The molecule has 0 bridgehead atoms. The van der Waals surface area contributed by atoms with Crippen molar-refractivity contribution >= 4 is 21.8 Å². The van der Waals surface area contributed by atoms with E-state index >= 15 is 0 Å². The maximum absolute atomic E-state index is 12.8. The van der Waals surface area contributed by atoms with Crippen LogP contribution < -0.4 is 10.1 Å². The number of rotatable bonds is 4. The van der Waals surface area contributed by atoms with Crippen LogP contribution in [-0.2, 0) is 6.54 Å². The highest BCUT2D eigenvalue weighted by atomic mass is 79.9. The minimum Gasteiger partial charge on any atom is -0.496 e. The van der Waals surface area contributed by atoms with Gasteiger partial charge in [0.25, 0.3) is 5.91 Å². The number of ether oxygens (including phenoxy) is 1. The molecule has 0 aromatic heterocycles. The molecule has 2 aromatic carbocycles. The Kier molecular flexibility index (Phi) is 4.74. The van der Waals surface area contributed by atoms with E-state index in [1.54, 1.807) is 37.4 Å². The fraction of sp³-hybridized carbons (Fsp3) is 0.133. The Hall–Kier alpha value is -1.88. The minimum absolute atomic E-state index is 0.197. The quantitative estimate of drug-likeness (QED) is 0.926. The zero-order chi connectivity index (χ0) is 14.5. The molecule has 1 amide bonds. The highest BCUT2D eigenvalue weighted by Crippen LogP contribution is 2.25. The smallest absolute Gasteiger partial charge is 0.251 e. The van der Waals surface area contributed by atoms with E-state index in [0.717, 1.165) is 10.0 Å². The highest BCUT2D eigenvalue weighted by molar-refractivity contribution is 9.10. The molecule has 0 aliphatic carbocycles. The molecule has 0 aliphatic heterocycles. The van der Waals surface area contributed by atoms with Gasteiger partial charge in [0.1, 0.15) is 11.6 Å². The predicted molar refractivity (Wildman–Crippen MR) is 78.3 cm³/mol. The zero-order valence-corrected chi connectivity index (χ0v) is 12.4. The topological polar surface area (TPSA) is 38.3 Å². The lowest BCUT2D eigenvalue weighted by Crippen LogP contribution is -2.22. The van der Waals surface area contributed by atoms with Gasteiger partial charge in [-0.05, 0) is 51.8 Å². The number of carbonyl (C=O) groups is 1. The number of hydrogen-bond donors (Lipinski definition) is 1. The number of nitrogens with one attached hydrogen (secondary N) is 1. The van der Waals surface area contributed by atoms with Crippen molar-refractivity contribution in [2.24, 2.45) is 0 Å². The summed E-state index contributed by atoms with van der Waals surface area (Å²) in [4.78, 5) is 12.0. The second-order valence-electron chi connectivity index (χ2n) is 4.16. The van der Waals surface area contributed by atoms with Crippen molar-refractivity contribution < 1.29 is 13.9 Å². The van der Waals surface area contributed by atoms with Crippen LogP contribution in [0.2, 0.25) is 0 Å². The van der Waals surface area contributed by atoms with E-state index in [-0.39, 0.29) is 11.7 Å². The maximum Gasteiger partial charge on any atom is 0.251 e. The summed E-state index contributed by atoms with van der Waals surface area (Å²) in [6.45, 7) is 0.350. The molecule has 0 unspecified atom stereocenters. The van der Waals surface area contributed by atoms with Crippen molar-refractivity contribution in [2.75, 3.05) is 7.11 Å². The molecule has 0 aliphatic rings. The van der Waals surface area contributed by atoms with Crippen LogP contribution in [0, 0.1) is 5.82 Å². The fourth-order valence-electron chi connectivity index (χ4n) is 1.69. The van der Waals surface area contributed by atoms with Crippen LogP contribution in [0.3, 0.4) is 0 Å². The molecule has 0 fully saturated rings. The van der Waals surface area contributed by atoms with Gasteiger partial charge < -0.3 is 10.1 Å². The summed E-state index contributed by atoms with van der Waals surface area (Å²) in [6, 6.07) is 11.1. The maximum atomic E-state index is 12.8. The Morgan fingerprint density at radius 2 is 1.95 bits per heavy atom. The summed E-state index contributed by atoms with van der Waals surface area (Å²) in [6.07, 6.45) is 0. The summed E-state index contributed by atoms with van der Waals surface area (Å²) in [5.41, 5.74) is 1.37. The Morgan fingerprint density at radius 1 is 1.25 bits per heavy atom. The van der Waals surface area contributed by atoms with Gasteiger partial charge in [-0.2, -0.15) is 0 Å². The summed E-state index contributed by atoms with van der Waals surface area (Å²) in [5.74, 6) is 0.178. The number of methoxy groups -OCH3 is 1. The first-order valence-corrected chi connectivity index (χ1v) is 6.75. The van der Waals surface area contributed by atoms with Crippen LogP contribution in [0.4, 0.5) is 4.39 Å². The Labute approximate surface area is 124 Å². The number of benzene rings is 2. The van der Waals surface area contributed by atoms with E-state index < -0.39 is 0 Å². The monoisotopic (exact) mass is 337 g/mol. The third-order valence-corrected chi connectivity index (χ3v) is 3.40. The van der Waals surface area contributed by atoms with Crippen molar-refractivity contribution in [3.05, 3.63) is 63.9 Å². The van der Waals surface area contributed by atoms with Gasteiger partial charge in [0, 0.05) is 12.1 Å². The zero-order valence-electron chi connectivity index (χ0n) is 10.8. The van der Waals surface area contributed by atoms with E-state index in [4.69, 9.17) is 4.74 Å². The molecular weight excluding hydrogens is 325 g/mol. The Balaban J connectivity index is 2.01. The largest absolute Gasteiger partial charge is 0.496 e. The van der Waals surface area contributed by atoms with Crippen molar-refractivity contribution in [1.29, 1.82) is 0 Å². The van der Waals surface area contributed by atoms with Gasteiger partial charge in [-0.15, -0.1) is 0 Å². The van der Waals surface area contributed by atoms with Crippen molar-refractivity contribution in [2.45, 2.75) is 6.54 Å². The van der Waals surface area contributed by atoms with E-state index in [2.05, 4.69) is 21.2 Å². The lowest BCUT2D eigenvalue weighted by molar-refractivity contribution is 0.0951. The SMILES string of the molecule is COc1ccc(C(=O)NCc2ccc(F)cc2)cc1Br. The van der Waals surface area contributed by atoms with Crippen LogP contribution >= 0.6 is 15.9 Å². The van der Waals surface area contributed by atoms with Crippen LogP contribution in [0.15, 0.2) is 46.9 Å². The van der Waals surface area contributed by atoms with Gasteiger partial charge >= 0.3 is 0 Å². The van der Waals surface area contributed by atoms with E-state index in [9.17, 15) is 9.18 Å². The second-order valence-corrected chi connectivity index (χ2v) is 5.01. The average Bonchev–Trinajstić information content (AvgIpc) is 2.46.